The third-order valence-electron chi connectivity index (χ3n) is 4.72. The molecule has 1 heterocycles. The maximum absolute atomic E-state index is 13.3. The van der Waals surface area contributed by atoms with E-state index in [2.05, 4.69) is 0 Å². The van der Waals surface area contributed by atoms with Gasteiger partial charge in [-0.2, -0.15) is 0 Å². The van der Waals surface area contributed by atoms with Crippen molar-refractivity contribution in [1.29, 1.82) is 0 Å². The van der Waals surface area contributed by atoms with E-state index in [-0.39, 0.29) is 0 Å². The summed E-state index contributed by atoms with van der Waals surface area (Å²) in [6.45, 7) is 5.43. The van der Waals surface area contributed by atoms with E-state index in [9.17, 15) is 9.59 Å². The number of carbonyl (C=O) groups excluding carboxylic acids is 2. The number of fused-ring (bicyclic) bond motifs is 1. The van der Waals surface area contributed by atoms with Gasteiger partial charge < -0.3 is 9.47 Å². The van der Waals surface area contributed by atoms with E-state index in [1.807, 2.05) is 75.4 Å². The molecule has 2 aromatic rings. The molecule has 0 spiro atoms. The van der Waals surface area contributed by atoms with Crippen LogP contribution in [0.3, 0.4) is 0 Å². The summed E-state index contributed by atoms with van der Waals surface area (Å²) in [5, 5.41) is 0. The molecule has 1 atom stereocenters. The number of rotatable bonds is 2. The largest absolute Gasteiger partial charge is 0.467 e. The van der Waals surface area contributed by atoms with Gasteiger partial charge in [-0.3, -0.25) is 4.90 Å². The fraction of sp³-hybridized carbons (Fsp3) is 0.364. The monoisotopic (exact) mass is 367 g/mol. The molecule has 5 nitrogen and oxygen atoms in total. The summed E-state index contributed by atoms with van der Waals surface area (Å²) in [5.74, 6) is -0.478. The maximum atomic E-state index is 13.3. The van der Waals surface area contributed by atoms with Crippen LogP contribution in [0.5, 0.6) is 0 Å². The van der Waals surface area contributed by atoms with Gasteiger partial charge in [-0.05, 0) is 50.8 Å². The molecule has 0 unspecified atom stereocenters. The Morgan fingerprint density at radius 1 is 1.00 bits per heavy atom. The Hall–Kier alpha value is -2.82. The van der Waals surface area contributed by atoms with Gasteiger partial charge in [0.1, 0.15) is 5.60 Å². The van der Waals surface area contributed by atoms with Crippen molar-refractivity contribution in [3.05, 3.63) is 65.7 Å². The number of anilines is 1. The Morgan fingerprint density at radius 3 is 2.26 bits per heavy atom. The van der Waals surface area contributed by atoms with Crippen LogP contribution in [0.1, 0.15) is 38.3 Å². The normalized spacial score (nSPS) is 19.2. The highest BCUT2D eigenvalue weighted by atomic mass is 16.6. The Labute approximate surface area is 159 Å². The first-order valence-electron chi connectivity index (χ1n) is 9.04. The van der Waals surface area contributed by atoms with Gasteiger partial charge in [0.15, 0.2) is 5.54 Å². The van der Waals surface area contributed by atoms with Crippen molar-refractivity contribution >= 4 is 17.7 Å². The molecule has 0 radical (unpaired) electrons. The smallest absolute Gasteiger partial charge is 0.416 e. The fourth-order valence-corrected chi connectivity index (χ4v) is 3.60. The zero-order valence-corrected chi connectivity index (χ0v) is 16.2. The number of nitrogens with zero attached hydrogens (tertiary/aromatic N) is 1. The lowest BCUT2D eigenvalue weighted by Gasteiger charge is -2.45. The molecule has 0 fully saturated rings. The molecule has 0 aromatic heterocycles. The van der Waals surface area contributed by atoms with E-state index in [0.717, 1.165) is 5.56 Å². The van der Waals surface area contributed by atoms with E-state index in [0.29, 0.717) is 24.1 Å². The molecule has 0 saturated heterocycles. The molecular formula is C22H25NO4. The zero-order chi connectivity index (χ0) is 19.7. The van der Waals surface area contributed by atoms with Gasteiger partial charge in [0.05, 0.1) is 12.8 Å². The SMILES string of the molecule is COC(=O)[C@]1(c2ccccc2)CCc2ccccc2N1C(=O)OC(C)(C)C. The highest BCUT2D eigenvalue weighted by molar-refractivity contribution is 6.01. The molecule has 1 amide bonds. The van der Waals surface area contributed by atoms with Crippen molar-refractivity contribution in [3.63, 3.8) is 0 Å². The van der Waals surface area contributed by atoms with Crippen LogP contribution >= 0.6 is 0 Å². The lowest BCUT2D eigenvalue weighted by Crippen LogP contribution is -2.58. The molecule has 0 saturated carbocycles. The third kappa shape index (κ3) is 3.42. The topological polar surface area (TPSA) is 55.8 Å². The Bertz CT molecular complexity index is 841. The molecule has 142 valence electrons. The van der Waals surface area contributed by atoms with Gasteiger partial charge >= 0.3 is 12.1 Å². The summed E-state index contributed by atoms with van der Waals surface area (Å²) in [7, 11) is 1.35. The second-order valence-corrected chi connectivity index (χ2v) is 7.66. The first-order valence-corrected chi connectivity index (χ1v) is 9.04. The summed E-state index contributed by atoms with van der Waals surface area (Å²) in [6.07, 6.45) is 0.503. The molecule has 2 aromatic carbocycles. The Balaban J connectivity index is 2.24. The second-order valence-electron chi connectivity index (χ2n) is 7.66. The molecule has 1 aliphatic heterocycles. The van der Waals surface area contributed by atoms with Crippen LogP contribution in [-0.4, -0.2) is 24.8 Å². The molecule has 27 heavy (non-hydrogen) atoms. The Kier molecular flexibility index (Phi) is 4.96. The van der Waals surface area contributed by atoms with Crippen LogP contribution in [0, 0.1) is 0 Å². The minimum atomic E-state index is -1.27. The van der Waals surface area contributed by atoms with Gasteiger partial charge in [0.25, 0.3) is 0 Å². The molecule has 5 heteroatoms. The van der Waals surface area contributed by atoms with Crippen LogP contribution in [0.4, 0.5) is 10.5 Å². The first-order chi connectivity index (χ1) is 12.8. The van der Waals surface area contributed by atoms with Crippen LogP contribution in [0.25, 0.3) is 0 Å². The van der Waals surface area contributed by atoms with E-state index in [1.54, 1.807) is 0 Å². The second kappa shape index (κ2) is 7.06. The molecule has 3 rings (SSSR count). The predicted molar refractivity (Wildman–Crippen MR) is 104 cm³/mol. The summed E-state index contributed by atoms with van der Waals surface area (Å²) in [5.41, 5.74) is 0.414. The van der Waals surface area contributed by atoms with Crippen LogP contribution < -0.4 is 4.90 Å². The standard InChI is InChI=1S/C22H25NO4/c1-21(2,3)27-20(25)23-18-13-9-8-10-16(18)14-15-22(23,19(24)26-4)17-11-6-5-7-12-17/h5-13H,14-15H2,1-4H3/t22-/m1/s1. The minimum Gasteiger partial charge on any atom is -0.467 e. The van der Waals surface area contributed by atoms with Crippen molar-refractivity contribution < 1.29 is 19.1 Å². The number of hydrogen-bond acceptors (Lipinski definition) is 4. The molecular weight excluding hydrogens is 342 g/mol. The highest BCUT2D eigenvalue weighted by Crippen LogP contribution is 2.45. The number of benzene rings is 2. The number of esters is 1. The molecule has 1 aliphatic rings. The summed E-state index contributed by atoms with van der Waals surface area (Å²) < 4.78 is 10.9. The van der Waals surface area contributed by atoms with Crippen molar-refractivity contribution in [2.45, 2.75) is 44.8 Å². The number of aryl methyl sites for hydroxylation is 1. The van der Waals surface area contributed by atoms with Gasteiger partial charge in [0, 0.05) is 0 Å². The van der Waals surface area contributed by atoms with Gasteiger partial charge in [-0.1, -0.05) is 48.5 Å². The zero-order valence-electron chi connectivity index (χ0n) is 16.2. The quantitative estimate of drug-likeness (QED) is 0.736. The number of ether oxygens (including phenoxy) is 2. The van der Waals surface area contributed by atoms with Crippen molar-refractivity contribution in [3.8, 4) is 0 Å². The van der Waals surface area contributed by atoms with Crippen molar-refractivity contribution in [2.75, 3.05) is 12.0 Å². The van der Waals surface area contributed by atoms with Gasteiger partial charge in [0.2, 0.25) is 0 Å². The summed E-state index contributed by atoms with van der Waals surface area (Å²) in [4.78, 5) is 27.9. The first kappa shape index (κ1) is 19.0. The summed E-state index contributed by atoms with van der Waals surface area (Å²) >= 11 is 0. The third-order valence-corrected chi connectivity index (χ3v) is 4.72. The molecule has 0 aliphatic carbocycles. The van der Waals surface area contributed by atoms with Gasteiger partial charge in [-0.25, -0.2) is 9.59 Å². The lowest BCUT2D eigenvalue weighted by atomic mass is 9.78. The molecule has 0 bridgehead atoms. The predicted octanol–water partition coefficient (Wildman–Crippen LogP) is 4.44. The van der Waals surface area contributed by atoms with E-state index in [1.165, 1.54) is 12.0 Å². The van der Waals surface area contributed by atoms with Crippen LogP contribution in [0.2, 0.25) is 0 Å². The van der Waals surface area contributed by atoms with Crippen LogP contribution in [-0.2, 0) is 26.2 Å². The Morgan fingerprint density at radius 2 is 1.63 bits per heavy atom. The van der Waals surface area contributed by atoms with E-state index >= 15 is 0 Å². The van der Waals surface area contributed by atoms with Crippen LogP contribution in [0.15, 0.2) is 54.6 Å². The number of para-hydroxylation sites is 1. The average Bonchev–Trinajstić information content (AvgIpc) is 2.65. The lowest BCUT2D eigenvalue weighted by molar-refractivity contribution is -0.148. The number of amides is 1. The van der Waals surface area contributed by atoms with Crippen molar-refractivity contribution in [1.82, 2.24) is 0 Å². The van der Waals surface area contributed by atoms with E-state index in [4.69, 9.17) is 9.47 Å². The fourth-order valence-electron chi connectivity index (χ4n) is 3.60. The average molecular weight is 367 g/mol. The van der Waals surface area contributed by atoms with E-state index < -0.39 is 23.2 Å². The minimum absolute atomic E-state index is 0.417. The number of hydrogen-bond donors (Lipinski definition) is 0. The maximum Gasteiger partial charge on any atom is 0.416 e. The number of methoxy groups -OCH3 is 1. The van der Waals surface area contributed by atoms with Crippen molar-refractivity contribution in [2.24, 2.45) is 0 Å². The molecule has 0 N–H and O–H groups in total. The number of carbonyl (C=O) groups is 2. The summed E-state index contributed by atoms with van der Waals surface area (Å²) in [6, 6.07) is 16.9. The van der Waals surface area contributed by atoms with Gasteiger partial charge in [-0.15, -0.1) is 0 Å². The highest BCUT2D eigenvalue weighted by Gasteiger charge is 2.53.